The third-order valence-electron chi connectivity index (χ3n) is 14.0. The van der Waals surface area contributed by atoms with E-state index in [1.165, 1.54) is 76.5 Å². The van der Waals surface area contributed by atoms with E-state index in [0.717, 1.165) is 34.1 Å². The van der Waals surface area contributed by atoms with Gasteiger partial charge in [0.2, 0.25) is 0 Å². The standard InChI is InChI=1S/C65H44N2/c1-5-25-47(26-6-1)65(48-27-7-2-8-28-48)60-44-52(67(50-31-11-4-12-32-50)62-38-20-24-46-22-14-16-34-54(46)62)40-42-58(60)63-56-36-18-17-35-55(56)59-43-51(39-41-57(59)64(63)65)66(49-29-9-3-10-30-49)61-37-19-23-45-21-13-15-33-53(45)61/h1-44H. The SMILES string of the molecule is c1ccc(N(c2ccc3c(c2)C(c2ccccc2)(c2ccccc2)c2c-3c3ccccc3c3cc(N(c4ccccc4)c4cccc5ccccc45)ccc23)c2cccc3ccccc23)cc1. The summed E-state index contributed by atoms with van der Waals surface area (Å²) in [7, 11) is 0. The Balaban J connectivity index is 1.13. The van der Waals surface area contributed by atoms with Crippen LogP contribution in [0.5, 0.6) is 0 Å². The van der Waals surface area contributed by atoms with Gasteiger partial charge in [0, 0.05) is 33.5 Å². The van der Waals surface area contributed by atoms with Gasteiger partial charge in [0.1, 0.15) is 0 Å². The third-order valence-corrected chi connectivity index (χ3v) is 14.0. The zero-order valence-corrected chi connectivity index (χ0v) is 36.8. The summed E-state index contributed by atoms with van der Waals surface area (Å²) in [6, 6.07) is 98.3. The van der Waals surface area contributed by atoms with Crippen molar-refractivity contribution in [3.63, 3.8) is 0 Å². The van der Waals surface area contributed by atoms with Gasteiger partial charge in [-0.2, -0.15) is 0 Å². The van der Waals surface area contributed by atoms with E-state index < -0.39 is 5.41 Å². The van der Waals surface area contributed by atoms with E-state index in [2.05, 4.69) is 277 Å². The first-order valence-electron chi connectivity index (χ1n) is 23.2. The summed E-state index contributed by atoms with van der Waals surface area (Å²) in [6.45, 7) is 0. The fourth-order valence-electron chi connectivity index (χ4n) is 11.3. The van der Waals surface area contributed by atoms with Gasteiger partial charge in [-0.1, -0.05) is 206 Å². The summed E-state index contributed by atoms with van der Waals surface area (Å²) in [5.74, 6) is 0. The summed E-state index contributed by atoms with van der Waals surface area (Å²) in [5, 5.41) is 9.77. The lowest BCUT2D eigenvalue weighted by atomic mass is 9.66. The molecule has 0 bridgehead atoms. The average Bonchev–Trinajstić information content (AvgIpc) is 3.72. The van der Waals surface area contributed by atoms with E-state index in [9.17, 15) is 0 Å². The van der Waals surface area contributed by atoms with Crippen LogP contribution in [0.1, 0.15) is 22.3 Å². The van der Waals surface area contributed by atoms with E-state index in [0.29, 0.717) is 0 Å². The molecule has 2 nitrogen and oxygen atoms in total. The lowest BCUT2D eigenvalue weighted by Crippen LogP contribution is -2.29. The van der Waals surface area contributed by atoms with Crippen LogP contribution in [0.4, 0.5) is 34.1 Å². The summed E-state index contributed by atoms with van der Waals surface area (Å²) in [4.78, 5) is 4.87. The van der Waals surface area contributed by atoms with Crippen LogP contribution < -0.4 is 9.80 Å². The Kier molecular flexibility index (Phi) is 9.11. The maximum Gasteiger partial charge on any atom is 0.0720 e. The molecule has 0 amide bonds. The largest absolute Gasteiger partial charge is 0.310 e. The predicted molar refractivity (Wildman–Crippen MR) is 283 cm³/mol. The van der Waals surface area contributed by atoms with Gasteiger partial charge in [0.25, 0.3) is 0 Å². The highest BCUT2D eigenvalue weighted by atomic mass is 15.1. The highest BCUT2D eigenvalue weighted by molar-refractivity contribution is 6.20. The van der Waals surface area contributed by atoms with Crippen LogP contribution >= 0.6 is 0 Å². The molecule has 1 aliphatic carbocycles. The van der Waals surface area contributed by atoms with Crippen LogP contribution in [0.3, 0.4) is 0 Å². The van der Waals surface area contributed by atoms with Gasteiger partial charge in [-0.25, -0.2) is 0 Å². The molecular weight excluding hydrogens is 809 g/mol. The van der Waals surface area contributed by atoms with E-state index in [-0.39, 0.29) is 0 Å². The number of rotatable bonds is 8. The van der Waals surface area contributed by atoms with Crippen molar-refractivity contribution in [2.45, 2.75) is 5.41 Å². The summed E-state index contributed by atoms with van der Waals surface area (Å²) < 4.78 is 0. The number of anilines is 6. The van der Waals surface area contributed by atoms with Gasteiger partial charge in [0.15, 0.2) is 0 Å². The van der Waals surface area contributed by atoms with Crippen molar-refractivity contribution in [3.8, 4) is 11.1 Å². The Morgan fingerprint density at radius 3 is 1.25 bits per heavy atom. The van der Waals surface area contributed by atoms with Crippen LogP contribution in [0, 0.1) is 0 Å². The fraction of sp³-hybridized carbons (Fsp3) is 0.0154. The van der Waals surface area contributed by atoms with Gasteiger partial charge in [-0.3, -0.25) is 0 Å². The van der Waals surface area contributed by atoms with E-state index >= 15 is 0 Å². The van der Waals surface area contributed by atoms with Crippen LogP contribution in [0.2, 0.25) is 0 Å². The minimum atomic E-state index is -0.678. The molecule has 0 unspecified atom stereocenters. The zero-order valence-electron chi connectivity index (χ0n) is 36.8. The highest BCUT2D eigenvalue weighted by Crippen LogP contribution is 2.61. The first-order chi connectivity index (χ1) is 33.3. The molecule has 12 aromatic carbocycles. The molecule has 0 atom stereocenters. The Morgan fingerprint density at radius 2 is 0.701 bits per heavy atom. The van der Waals surface area contributed by atoms with Gasteiger partial charge < -0.3 is 9.80 Å². The van der Waals surface area contributed by atoms with Crippen LogP contribution in [-0.2, 0) is 5.41 Å². The summed E-state index contributed by atoms with van der Waals surface area (Å²) >= 11 is 0. The van der Waals surface area contributed by atoms with Crippen molar-refractivity contribution in [3.05, 3.63) is 289 Å². The van der Waals surface area contributed by atoms with Gasteiger partial charge in [-0.15, -0.1) is 0 Å². The molecule has 1 aliphatic rings. The number of benzene rings is 12. The highest BCUT2D eigenvalue weighted by Gasteiger charge is 2.48. The molecule has 0 heterocycles. The molecule has 0 spiro atoms. The molecule has 0 fully saturated rings. The maximum absolute atomic E-state index is 2.50. The first kappa shape index (κ1) is 38.7. The lowest BCUT2D eigenvalue weighted by molar-refractivity contribution is 0.776. The molecular formula is C65H44N2. The Bertz CT molecular complexity index is 3760. The summed E-state index contributed by atoms with van der Waals surface area (Å²) in [5.41, 5.74) is 13.6. The van der Waals surface area contributed by atoms with Crippen molar-refractivity contribution < 1.29 is 0 Å². The Hall–Kier alpha value is -8.72. The smallest absolute Gasteiger partial charge is 0.0720 e. The number of fused-ring (bicyclic) bond motifs is 10. The van der Waals surface area contributed by atoms with Gasteiger partial charge in [0.05, 0.1) is 16.8 Å². The second-order valence-corrected chi connectivity index (χ2v) is 17.6. The topological polar surface area (TPSA) is 6.48 Å². The molecule has 67 heavy (non-hydrogen) atoms. The second-order valence-electron chi connectivity index (χ2n) is 17.6. The normalized spacial score (nSPS) is 12.6. The quantitative estimate of drug-likeness (QED) is 0.141. The van der Waals surface area contributed by atoms with Gasteiger partial charge >= 0.3 is 0 Å². The first-order valence-corrected chi connectivity index (χ1v) is 23.2. The Labute approximate surface area is 390 Å². The van der Waals surface area contributed by atoms with Crippen molar-refractivity contribution in [2.75, 3.05) is 9.80 Å². The van der Waals surface area contributed by atoms with Gasteiger partial charge in [-0.05, 0) is 126 Å². The molecule has 13 rings (SSSR count). The summed E-state index contributed by atoms with van der Waals surface area (Å²) in [6.07, 6.45) is 0. The minimum absolute atomic E-state index is 0.678. The molecule has 0 radical (unpaired) electrons. The zero-order chi connectivity index (χ0) is 44.3. The van der Waals surface area contributed by atoms with E-state index in [1.807, 2.05) is 0 Å². The molecule has 314 valence electrons. The van der Waals surface area contributed by atoms with Crippen molar-refractivity contribution in [2.24, 2.45) is 0 Å². The average molecular weight is 853 g/mol. The number of hydrogen-bond acceptors (Lipinski definition) is 2. The van der Waals surface area contributed by atoms with Crippen LogP contribution in [-0.4, -0.2) is 0 Å². The molecule has 12 aromatic rings. The third kappa shape index (κ3) is 6.04. The molecule has 0 N–H and O–H groups in total. The minimum Gasteiger partial charge on any atom is -0.310 e. The van der Waals surface area contributed by atoms with Crippen molar-refractivity contribution in [1.82, 2.24) is 0 Å². The van der Waals surface area contributed by atoms with Crippen molar-refractivity contribution in [1.29, 1.82) is 0 Å². The van der Waals surface area contributed by atoms with E-state index in [1.54, 1.807) is 0 Å². The second kappa shape index (κ2) is 15.8. The number of hydrogen-bond donors (Lipinski definition) is 0. The molecule has 0 saturated carbocycles. The molecule has 0 aliphatic heterocycles. The van der Waals surface area contributed by atoms with Crippen LogP contribution in [0.15, 0.2) is 267 Å². The number of para-hydroxylation sites is 2. The monoisotopic (exact) mass is 852 g/mol. The lowest BCUT2D eigenvalue weighted by Gasteiger charge is -2.36. The molecule has 0 saturated heterocycles. The van der Waals surface area contributed by atoms with Crippen LogP contribution in [0.25, 0.3) is 54.2 Å². The van der Waals surface area contributed by atoms with Crippen molar-refractivity contribution >= 4 is 77.2 Å². The Morgan fingerprint density at radius 1 is 0.269 bits per heavy atom. The molecule has 2 heteroatoms. The fourth-order valence-corrected chi connectivity index (χ4v) is 11.3. The molecule has 0 aromatic heterocycles. The maximum atomic E-state index is 2.50. The van der Waals surface area contributed by atoms with E-state index in [4.69, 9.17) is 0 Å². The predicted octanol–water partition coefficient (Wildman–Crippen LogP) is 17.6. The number of nitrogens with zero attached hydrogens (tertiary/aromatic N) is 2.